The van der Waals surface area contributed by atoms with Gasteiger partial charge in [-0.05, 0) is 29.8 Å². The Balaban J connectivity index is 2.00. The number of aliphatic hydroxyl groups is 3. The number of phenols is 1. The van der Waals surface area contributed by atoms with Gasteiger partial charge in [-0.15, -0.1) is 0 Å². The van der Waals surface area contributed by atoms with E-state index in [0.29, 0.717) is 17.1 Å². The Hall–Kier alpha value is -2.60. The number of hydrogen-bond acceptors (Lipinski definition) is 10. The van der Waals surface area contributed by atoms with Crippen LogP contribution >= 0.6 is 0 Å². The Bertz CT molecular complexity index is 889. The molecule has 0 amide bonds. The third-order valence-corrected chi connectivity index (χ3v) is 5.36. The Morgan fingerprint density at radius 1 is 1.00 bits per heavy atom. The first-order valence-corrected chi connectivity index (χ1v) is 10.4. The van der Waals surface area contributed by atoms with Gasteiger partial charge < -0.3 is 48.8 Å². The summed E-state index contributed by atoms with van der Waals surface area (Å²) >= 11 is 0. The van der Waals surface area contributed by atoms with Crippen LogP contribution in [0.25, 0.3) is 0 Å². The van der Waals surface area contributed by atoms with Crippen molar-refractivity contribution in [1.29, 1.82) is 0 Å². The lowest BCUT2D eigenvalue weighted by Crippen LogP contribution is -2.55. The van der Waals surface area contributed by atoms with E-state index in [1.165, 1.54) is 33.5 Å². The van der Waals surface area contributed by atoms with Crippen molar-refractivity contribution >= 4 is 0 Å². The number of methoxy groups -OCH3 is 3. The van der Waals surface area contributed by atoms with Gasteiger partial charge in [-0.3, -0.25) is 0 Å². The van der Waals surface area contributed by atoms with Gasteiger partial charge in [0.25, 0.3) is 0 Å². The fourth-order valence-corrected chi connectivity index (χ4v) is 3.61. The van der Waals surface area contributed by atoms with E-state index in [4.69, 9.17) is 28.4 Å². The van der Waals surface area contributed by atoms with Crippen LogP contribution in [0.1, 0.15) is 11.7 Å². The number of phenolic OH excluding ortho intramolecular Hbond substituents is 1. The maximum Gasteiger partial charge on any atom is 0.186 e. The molecule has 0 radical (unpaired) electrons. The van der Waals surface area contributed by atoms with Gasteiger partial charge in [-0.2, -0.15) is 0 Å². The highest BCUT2D eigenvalue weighted by Gasteiger charge is 2.43. The molecular formula is C23H30O10. The molecule has 4 N–H and O–H groups in total. The summed E-state index contributed by atoms with van der Waals surface area (Å²) in [5.41, 5.74) is 0.473. The fourth-order valence-electron chi connectivity index (χ4n) is 3.61. The molecule has 1 aliphatic heterocycles. The van der Waals surface area contributed by atoms with E-state index >= 15 is 0 Å². The van der Waals surface area contributed by atoms with Crippen LogP contribution < -0.4 is 14.2 Å². The van der Waals surface area contributed by atoms with Crippen LogP contribution in [-0.2, 0) is 14.2 Å². The highest BCUT2D eigenvalue weighted by atomic mass is 16.7. The molecule has 182 valence electrons. The minimum absolute atomic E-state index is 0.0857. The Morgan fingerprint density at radius 3 is 2.33 bits per heavy atom. The van der Waals surface area contributed by atoms with Crippen molar-refractivity contribution < 1.29 is 48.8 Å². The lowest BCUT2D eigenvalue weighted by atomic mass is 10.0. The van der Waals surface area contributed by atoms with E-state index in [0.717, 1.165) is 0 Å². The average Bonchev–Trinajstić information content (AvgIpc) is 2.84. The first-order chi connectivity index (χ1) is 15.9. The van der Waals surface area contributed by atoms with Gasteiger partial charge in [-0.1, -0.05) is 18.2 Å². The Morgan fingerprint density at radius 2 is 1.70 bits per heavy atom. The van der Waals surface area contributed by atoms with Crippen LogP contribution in [0, 0.1) is 0 Å². The molecule has 1 heterocycles. The van der Waals surface area contributed by atoms with Crippen molar-refractivity contribution in [3.05, 3.63) is 48.0 Å². The molecule has 0 unspecified atom stereocenters. The van der Waals surface area contributed by atoms with Gasteiger partial charge in [0.15, 0.2) is 35.4 Å². The summed E-state index contributed by atoms with van der Waals surface area (Å²) in [4.78, 5) is 0. The predicted octanol–water partition coefficient (Wildman–Crippen LogP) is 1.00. The zero-order valence-electron chi connectivity index (χ0n) is 18.7. The summed E-state index contributed by atoms with van der Waals surface area (Å²) < 4.78 is 33.5. The molecule has 3 rings (SSSR count). The monoisotopic (exact) mass is 466 g/mol. The van der Waals surface area contributed by atoms with E-state index in [2.05, 4.69) is 0 Å². The standard InChI is InChI=1S/C23H30O10/c1-28-16-6-4-5-7-17(16)32-19(11-24)21(13-8-9-14(25)18(10-13)29-2)33-22-20(27)15(26)12-31-23(22)30-3/h4-10,15,19-27H,11-12H2,1-3H3/t15-,19+,20+,21+,22-,23-/m1/s1. The Labute approximate surface area is 191 Å². The average molecular weight is 466 g/mol. The summed E-state index contributed by atoms with van der Waals surface area (Å²) in [6.07, 6.45) is -6.59. The van der Waals surface area contributed by atoms with Crippen molar-refractivity contribution in [1.82, 2.24) is 0 Å². The zero-order chi connectivity index (χ0) is 24.0. The largest absolute Gasteiger partial charge is 0.504 e. The van der Waals surface area contributed by atoms with Gasteiger partial charge in [0.1, 0.15) is 24.4 Å². The van der Waals surface area contributed by atoms with Crippen molar-refractivity contribution in [2.45, 2.75) is 36.8 Å². The number of benzene rings is 2. The molecule has 1 aliphatic rings. The van der Waals surface area contributed by atoms with Crippen LogP contribution in [0.3, 0.4) is 0 Å². The van der Waals surface area contributed by atoms with Crippen molar-refractivity contribution in [3.63, 3.8) is 0 Å². The summed E-state index contributed by atoms with van der Waals surface area (Å²) in [5.74, 6) is 0.905. The van der Waals surface area contributed by atoms with Crippen molar-refractivity contribution in [2.75, 3.05) is 34.5 Å². The van der Waals surface area contributed by atoms with Gasteiger partial charge in [-0.25, -0.2) is 0 Å². The van der Waals surface area contributed by atoms with E-state index < -0.39 is 43.4 Å². The SMILES string of the molecule is COc1cc([C@H](O[C@H]2[C@H](OC)OC[C@@H](O)[C@@H]2O)[C@H](CO)Oc2ccccc2OC)ccc1O. The molecule has 1 saturated heterocycles. The van der Waals surface area contributed by atoms with Crippen LogP contribution in [0.4, 0.5) is 0 Å². The number of aliphatic hydroxyl groups excluding tert-OH is 3. The quantitative estimate of drug-likeness (QED) is 0.401. The second-order valence-electron chi connectivity index (χ2n) is 7.44. The van der Waals surface area contributed by atoms with E-state index in [-0.39, 0.29) is 18.1 Å². The number of hydrogen-bond donors (Lipinski definition) is 4. The molecule has 0 aromatic heterocycles. The van der Waals surface area contributed by atoms with Crippen molar-refractivity contribution in [3.8, 4) is 23.0 Å². The predicted molar refractivity (Wildman–Crippen MR) is 116 cm³/mol. The summed E-state index contributed by atoms with van der Waals surface area (Å²) in [6.45, 7) is -0.603. The van der Waals surface area contributed by atoms with E-state index in [1.54, 1.807) is 30.3 Å². The molecule has 0 saturated carbocycles. The van der Waals surface area contributed by atoms with Crippen molar-refractivity contribution in [2.24, 2.45) is 0 Å². The highest BCUT2D eigenvalue weighted by molar-refractivity contribution is 5.43. The van der Waals surface area contributed by atoms with Crippen LogP contribution in [-0.4, -0.2) is 85.7 Å². The lowest BCUT2D eigenvalue weighted by molar-refractivity contribution is -0.289. The third kappa shape index (κ3) is 5.67. The molecular weight excluding hydrogens is 436 g/mol. The van der Waals surface area contributed by atoms with E-state index in [1.807, 2.05) is 0 Å². The minimum atomic E-state index is -1.32. The maximum atomic E-state index is 10.6. The molecule has 10 nitrogen and oxygen atoms in total. The topological polar surface area (TPSA) is 136 Å². The first kappa shape index (κ1) is 25.0. The number of aromatic hydroxyl groups is 1. The molecule has 6 atom stereocenters. The second kappa shape index (κ2) is 11.5. The molecule has 1 fully saturated rings. The molecule has 10 heteroatoms. The van der Waals surface area contributed by atoms with Gasteiger partial charge in [0.05, 0.1) is 27.4 Å². The van der Waals surface area contributed by atoms with Crippen LogP contribution in [0.5, 0.6) is 23.0 Å². The number of para-hydroxylation sites is 2. The Kier molecular flexibility index (Phi) is 8.73. The molecule has 0 bridgehead atoms. The molecule has 2 aromatic rings. The van der Waals surface area contributed by atoms with Gasteiger partial charge in [0, 0.05) is 7.11 Å². The van der Waals surface area contributed by atoms with Crippen LogP contribution in [0.2, 0.25) is 0 Å². The van der Waals surface area contributed by atoms with Gasteiger partial charge in [0.2, 0.25) is 0 Å². The summed E-state index contributed by atoms with van der Waals surface area (Å²) in [6, 6.07) is 11.4. The number of ether oxygens (including phenoxy) is 6. The minimum Gasteiger partial charge on any atom is -0.504 e. The smallest absolute Gasteiger partial charge is 0.186 e. The van der Waals surface area contributed by atoms with Gasteiger partial charge >= 0.3 is 0 Å². The van der Waals surface area contributed by atoms with E-state index in [9.17, 15) is 20.4 Å². The molecule has 0 spiro atoms. The maximum absolute atomic E-state index is 10.6. The highest BCUT2D eigenvalue weighted by Crippen LogP contribution is 2.37. The number of rotatable bonds is 10. The first-order valence-electron chi connectivity index (χ1n) is 10.4. The lowest BCUT2D eigenvalue weighted by Gasteiger charge is -2.40. The van der Waals surface area contributed by atoms with Crippen LogP contribution in [0.15, 0.2) is 42.5 Å². The molecule has 0 aliphatic carbocycles. The normalized spacial score (nSPS) is 24.7. The third-order valence-electron chi connectivity index (χ3n) is 5.36. The fraction of sp³-hybridized carbons (Fsp3) is 0.478. The molecule has 33 heavy (non-hydrogen) atoms. The summed E-state index contributed by atoms with van der Waals surface area (Å²) in [7, 11) is 4.29. The zero-order valence-corrected chi connectivity index (χ0v) is 18.7. The summed E-state index contributed by atoms with van der Waals surface area (Å²) in [5, 5.41) is 40.9. The molecule has 2 aromatic carbocycles. The second-order valence-corrected chi connectivity index (χ2v) is 7.44.